The van der Waals surface area contributed by atoms with Crippen molar-refractivity contribution in [2.24, 2.45) is 0 Å². The molecule has 0 radical (unpaired) electrons. The average Bonchev–Trinajstić information content (AvgIpc) is 2.49. The Morgan fingerprint density at radius 2 is 2.09 bits per heavy atom. The summed E-state index contributed by atoms with van der Waals surface area (Å²) in [6, 6.07) is 10.2. The second-order valence-electron chi connectivity index (χ2n) is 5.02. The number of hydrogen-bond acceptors (Lipinski definition) is 4. The zero-order chi connectivity index (χ0) is 15.7. The lowest BCUT2D eigenvalue weighted by Crippen LogP contribution is -2.19. The van der Waals surface area contributed by atoms with Crippen molar-refractivity contribution < 1.29 is 14.7 Å². The molecule has 3 N–H and O–H groups in total. The molecule has 2 aromatic carbocycles. The minimum atomic E-state index is -0.341. The zero-order valence-electron chi connectivity index (χ0n) is 11.8. The minimum Gasteiger partial charge on any atom is -0.506 e. The van der Waals surface area contributed by atoms with Crippen molar-refractivity contribution in [3.63, 3.8) is 0 Å². The normalized spacial score (nSPS) is 13.2. The molecule has 0 atom stereocenters. The smallest absolute Gasteiger partial charge is 0.255 e. The highest BCUT2D eigenvalue weighted by Crippen LogP contribution is 2.32. The van der Waals surface area contributed by atoms with Gasteiger partial charge in [-0.3, -0.25) is 9.59 Å². The molecule has 1 aliphatic heterocycles. The third-order valence-electron chi connectivity index (χ3n) is 3.28. The first-order valence-corrected chi connectivity index (χ1v) is 7.69. The molecule has 2 aromatic rings. The molecule has 0 saturated heterocycles. The van der Waals surface area contributed by atoms with Crippen LogP contribution in [0, 0.1) is 6.92 Å². The van der Waals surface area contributed by atoms with Gasteiger partial charge in [-0.05, 0) is 42.8 Å². The second-order valence-corrected chi connectivity index (χ2v) is 6.04. The Bertz CT molecular complexity index is 774. The molecule has 5 nitrogen and oxygen atoms in total. The summed E-state index contributed by atoms with van der Waals surface area (Å²) in [6.45, 7) is 1.86. The molecule has 0 bridgehead atoms. The summed E-state index contributed by atoms with van der Waals surface area (Å²) < 4.78 is 0. The van der Waals surface area contributed by atoms with Crippen LogP contribution in [0.4, 0.5) is 11.4 Å². The van der Waals surface area contributed by atoms with Gasteiger partial charge in [0.1, 0.15) is 5.75 Å². The van der Waals surface area contributed by atoms with Gasteiger partial charge >= 0.3 is 0 Å². The highest BCUT2D eigenvalue weighted by Gasteiger charge is 2.17. The van der Waals surface area contributed by atoms with Crippen molar-refractivity contribution in [1.82, 2.24) is 0 Å². The topological polar surface area (TPSA) is 78.4 Å². The lowest BCUT2D eigenvalue weighted by atomic mass is 10.1. The molecule has 0 spiro atoms. The third-order valence-corrected chi connectivity index (χ3v) is 4.35. The molecule has 3 rings (SSSR count). The van der Waals surface area contributed by atoms with Gasteiger partial charge in [-0.25, -0.2) is 0 Å². The van der Waals surface area contributed by atoms with Crippen LogP contribution in [0.5, 0.6) is 5.75 Å². The van der Waals surface area contributed by atoms with Crippen molar-refractivity contribution >= 4 is 35.0 Å². The SMILES string of the molecule is Cc1ccc(NC(=O)c2ccc3c(c2)NC(=O)CS3)c(O)c1. The van der Waals surface area contributed by atoms with E-state index < -0.39 is 0 Å². The summed E-state index contributed by atoms with van der Waals surface area (Å²) in [5.41, 5.74) is 2.32. The van der Waals surface area contributed by atoms with Gasteiger partial charge in [0.25, 0.3) is 5.91 Å². The average molecular weight is 314 g/mol. The number of phenolic OH excluding ortho intramolecular Hbond substituents is 1. The summed E-state index contributed by atoms with van der Waals surface area (Å²) in [5, 5.41) is 15.3. The van der Waals surface area contributed by atoms with Crippen LogP contribution in [0.15, 0.2) is 41.3 Å². The summed E-state index contributed by atoms with van der Waals surface area (Å²) in [5.74, 6) is -0.0105. The maximum absolute atomic E-state index is 12.3. The van der Waals surface area contributed by atoms with E-state index in [2.05, 4.69) is 10.6 Å². The van der Waals surface area contributed by atoms with Crippen molar-refractivity contribution in [3.05, 3.63) is 47.5 Å². The van der Waals surface area contributed by atoms with Gasteiger partial charge in [-0.15, -0.1) is 11.8 Å². The number of aromatic hydroxyl groups is 1. The largest absolute Gasteiger partial charge is 0.506 e. The first-order valence-electron chi connectivity index (χ1n) is 6.70. The molecule has 0 aliphatic carbocycles. The van der Waals surface area contributed by atoms with E-state index in [9.17, 15) is 14.7 Å². The number of aryl methyl sites for hydroxylation is 1. The molecule has 0 unspecified atom stereocenters. The highest BCUT2D eigenvalue weighted by molar-refractivity contribution is 8.00. The summed E-state index contributed by atoms with van der Waals surface area (Å²) in [4.78, 5) is 24.6. The number of carbonyl (C=O) groups excluding carboxylic acids is 2. The minimum absolute atomic E-state index is 0.0233. The fourth-order valence-electron chi connectivity index (χ4n) is 2.17. The van der Waals surface area contributed by atoms with Gasteiger partial charge < -0.3 is 15.7 Å². The Morgan fingerprint density at radius 3 is 2.86 bits per heavy atom. The monoisotopic (exact) mass is 314 g/mol. The molecule has 22 heavy (non-hydrogen) atoms. The number of phenols is 1. The molecule has 0 saturated carbocycles. The Hall–Kier alpha value is -2.47. The Kier molecular flexibility index (Phi) is 3.77. The van der Waals surface area contributed by atoms with Crippen molar-refractivity contribution in [2.75, 3.05) is 16.4 Å². The van der Waals surface area contributed by atoms with Crippen LogP contribution in [-0.2, 0) is 4.79 Å². The molecule has 0 fully saturated rings. The fourth-order valence-corrected chi connectivity index (χ4v) is 2.95. The molecular weight excluding hydrogens is 300 g/mol. The van der Waals surface area contributed by atoms with Crippen LogP contribution < -0.4 is 10.6 Å². The first-order chi connectivity index (χ1) is 10.5. The first kappa shape index (κ1) is 14.5. The molecule has 2 amide bonds. The highest BCUT2D eigenvalue weighted by atomic mass is 32.2. The summed E-state index contributed by atoms with van der Waals surface area (Å²) >= 11 is 1.44. The van der Waals surface area contributed by atoms with Crippen LogP contribution in [0.1, 0.15) is 15.9 Å². The van der Waals surface area contributed by atoms with E-state index in [1.165, 1.54) is 11.8 Å². The van der Waals surface area contributed by atoms with E-state index in [-0.39, 0.29) is 17.6 Å². The lowest BCUT2D eigenvalue weighted by Gasteiger charge is -2.17. The van der Waals surface area contributed by atoms with Gasteiger partial charge in [-0.1, -0.05) is 6.07 Å². The number of fused-ring (bicyclic) bond motifs is 1. The summed E-state index contributed by atoms with van der Waals surface area (Å²) in [6.07, 6.45) is 0. The maximum Gasteiger partial charge on any atom is 0.255 e. The molecule has 0 aromatic heterocycles. The van der Waals surface area contributed by atoms with Gasteiger partial charge in [0.2, 0.25) is 5.91 Å². The summed E-state index contributed by atoms with van der Waals surface area (Å²) in [7, 11) is 0. The quantitative estimate of drug-likeness (QED) is 0.745. The van der Waals surface area contributed by atoms with Crippen molar-refractivity contribution in [2.45, 2.75) is 11.8 Å². The van der Waals surface area contributed by atoms with Crippen LogP contribution in [0.3, 0.4) is 0 Å². The Balaban J connectivity index is 1.83. The predicted molar refractivity (Wildman–Crippen MR) is 86.6 cm³/mol. The lowest BCUT2D eigenvalue weighted by molar-refractivity contribution is -0.113. The molecular formula is C16H14N2O3S. The van der Waals surface area contributed by atoms with Crippen molar-refractivity contribution in [3.8, 4) is 5.75 Å². The maximum atomic E-state index is 12.3. The number of amides is 2. The van der Waals surface area contributed by atoms with Crippen LogP contribution in [0.2, 0.25) is 0 Å². The van der Waals surface area contributed by atoms with E-state index in [4.69, 9.17) is 0 Å². The third kappa shape index (κ3) is 2.92. The van der Waals surface area contributed by atoms with Crippen molar-refractivity contribution in [1.29, 1.82) is 0 Å². The number of carbonyl (C=O) groups is 2. The zero-order valence-corrected chi connectivity index (χ0v) is 12.7. The Labute approximate surface area is 131 Å². The van der Waals surface area contributed by atoms with E-state index in [0.717, 1.165) is 10.5 Å². The Morgan fingerprint density at radius 1 is 1.27 bits per heavy atom. The van der Waals surface area contributed by atoms with Crippen LogP contribution in [-0.4, -0.2) is 22.7 Å². The van der Waals surface area contributed by atoms with Gasteiger partial charge in [-0.2, -0.15) is 0 Å². The number of thioether (sulfide) groups is 1. The number of nitrogens with one attached hydrogen (secondary N) is 2. The van der Waals surface area contributed by atoms with E-state index in [1.807, 2.05) is 13.0 Å². The van der Waals surface area contributed by atoms with Crippen LogP contribution >= 0.6 is 11.8 Å². The van der Waals surface area contributed by atoms with Gasteiger partial charge in [0.05, 0.1) is 17.1 Å². The molecule has 6 heteroatoms. The van der Waals surface area contributed by atoms with Gasteiger partial charge in [0.15, 0.2) is 0 Å². The second kappa shape index (κ2) is 5.73. The van der Waals surface area contributed by atoms with E-state index in [1.54, 1.807) is 30.3 Å². The number of rotatable bonds is 2. The van der Waals surface area contributed by atoms with Gasteiger partial charge in [0, 0.05) is 10.5 Å². The predicted octanol–water partition coefficient (Wildman–Crippen LogP) is 3.00. The number of hydrogen-bond donors (Lipinski definition) is 3. The standard InChI is InChI=1S/C16H14N2O3S/c1-9-2-4-11(13(19)6-9)18-16(21)10-3-5-14-12(7-10)17-15(20)8-22-14/h2-7,19H,8H2,1H3,(H,17,20)(H,18,21). The molecule has 1 heterocycles. The number of benzene rings is 2. The molecule has 112 valence electrons. The van der Waals surface area contributed by atoms with E-state index >= 15 is 0 Å². The fraction of sp³-hybridized carbons (Fsp3) is 0.125. The molecule has 1 aliphatic rings. The number of anilines is 2. The van der Waals surface area contributed by atoms with Crippen LogP contribution in [0.25, 0.3) is 0 Å². The van der Waals surface area contributed by atoms with E-state index in [0.29, 0.717) is 22.7 Å².